The highest BCUT2D eigenvalue weighted by molar-refractivity contribution is 5.78. The van der Waals surface area contributed by atoms with Crippen molar-refractivity contribution in [3.63, 3.8) is 0 Å². The van der Waals surface area contributed by atoms with Gasteiger partial charge >= 0.3 is 0 Å². The molecular formula is C118H238N6O23. The lowest BCUT2D eigenvalue weighted by Gasteiger charge is -2.39. The van der Waals surface area contributed by atoms with Crippen LogP contribution in [0.5, 0.6) is 0 Å². The maximum Gasteiger partial charge on any atom is 0.248 e. The zero-order valence-corrected chi connectivity index (χ0v) is 101. The Morgan fingerprint density at radius 3 is 0.803 bits per heavy atom. The Labute approximate surface area is 902 Å². The van der Waals surface area contributed by atoms with Gasteiger partial charge in [-0.3, -0.25) is 28.8 Å². The topological polar surface area (TPSA) is 329 Å². The standard InChI is InChI=1S/C12H23NO3.C12H23NO2.C11H22O.C10H20O.C9H17NO3.C9H17NO2.C9H18O2.C9H18O.C8H17NO3.C8H17NO2.C8H16O.C7H16O.C6H14O/c1-10(2)16-8-5-11-3-6-13(7-4-11)12(15)9-14;1-10(2)15-9-6-12-4-7-13(8-5-12)11(3)14;1-10(2)12-9-8-11-6-4-3-5-7-11;1-9(2)11-8-10-6-4-3-5-7-10;1-7(2)13-6-8-3-10(4-8)9(12)5-11;1-7(2)12-6-9-4-10(5-9)8(3)11;1-8(2)11-7-9-3-5-10-6-4-9;1-8(2)10-7-9-5-3-4-6-9;1-7(2)12-5-3-4-9-8(11)6-10;1-7(2)11-6-4-5-9-8(3)10;1-7(2)9-6-8-4-3-5-8;1-4-5-6-8-7(2)3;1-4-5-7-6(2)3/h10-11,14H,3-9H2,1-2H3;10,12H,4-9H2,1-3H3;10-11H,3-9H2,1-2H3;9-10H,3-8H2,1-2H3;7-8,11H,3-6H2,1-2H3;7,9H,4-6H2,1-3H3;8-9H,3-7H2,1-2H3;8-9H,3-7H2,1-2H3;7,10H,3-6H2,1-2H3,(H,9,11);7H,4-6H2,1-3H3,(H,9,10);7-8H,3-6H2,1-2H3;7H,4-6H2,1-3H3;6H,4-5H2,1-3H3. The number of carbonyl (C=O) groups excluding carboxylic acids is 6. The number of hydrogen-bond acceptors (Lipinski definition) is 23. The predicted octanol–water partition coefficient (Wildman–Crippen LogP) is 21.7. The Balaban J connectivity index is -0.000000757. The third-order valence-corrected chi connectivity index (χ3v) is 25.4. The van der Waals surface area contributed by atoms with Crippen LogP contribution < -0.4 is 10.6 Å². The van der Waals surface area contributed by atoms with Crippen molar-refractivity contribution in [3.05, 3.63) is 0 Å². The lowest BCUT2D eigenvalue weighted by Crippen LogP contribution is -2.52. The number of carbonyl (C=O) groups is 6. The fourth-order valence-corrected chi connectivity index (χ4v) is 16.1. The largest absolute Gasteiger partial charge is 0.387 e. The summed E-state index contributed by atoms with van der Waals surface area (Å²) in [7, 11) is 0. The van der Waals surface area contributed by atoms with Crippen LogP contribution in [-0.2, 0) is 95.1 Å². The molecule has 878 valence electrons. The molecule has 5 N–H and O–H groups in total. The molecule has 9 aliphatic rings. The molecule has 4 aliphatic carbocycles. The fraction of sp³-hybridized carbons (Fsp3) is 0.949. The molecule has 0 radical (unpaired) electrons. The van der Waals surface area contributed by atoms with Gasteiger partial charge in [0.05, 0.1) is 92.6 Å². The van der Waals surface area contributed by atoms with Gasteiger partial charge in [-0.1, -0.05) is 90.9 Å². The molecule has 0 aromatic carbocycles. The second-order valence-electron chi connectivity index (χ2n) is 44.7. The minimum atomic E-state index is -0.439. The van der Waals surface area contributed by atoms with Gasteiger partial charge in [-0.05, 0) is 343 Å². The minimum absolute atomic E-state index is 0.0227. The van der Waals surface area contributed by atoms with Crippen LogP contribution >= 0.6 is 0 Å². The summed E-state index contributed by atoms with van der Waals surface area (Å²) in [5, 5.41) is 30.9. The number of nitrogens with one attached hydrogen (secondary N) is 2. The molecule has 0 bridgehead atoms. The van der Waals surface area contributed by atoms with Crippen molar-refractivity contribution in [1.29, 1.82) is 0 Å². The smallest absolute Gasteiger partial charge is 0.248 e. The van der Waals surface area contributed by atoms with E-state index in [-0.39, 0.29) is 67.0 Å². The molecule has 9 fully saturated rings. The average Bonchev–Trinajstić information content (AvgIpc) is 1.02. The minimum Gasteiger partial charge on any atom is -0.387 e. The molecular weight excluding hydrogens is 1870 g/mol. The second-order valence-corrected chi connectivity index (χ2v) is 44.7. The third-order valence-electron chi connectivity index (χ3n) is 25.4. The van der Waals surface area contributed by atoms with Gasteiger partial charge in [0, 0.05) is 184 Å². The van der Waals surface area contributed by atoms with Crippen LogP contribution in [-0.4, -0.2) is 334 Å². The Bertz CT molecular complexity index is 2850. The van der Waals surface area contributed by atoms with Crippen LogP contribution in [0.15, 0.2) is 0 Å². The molecule has 29 nitrogen and oxygen atoms in total. The van der Waals surface area contributed by atoms with Crippen molar-refractivity contribution in [1.82, 2.24) is 30.2 Å². The Morgan fingerprint density at radius 1 is 0.265 bits per heavy atom. The van der Waals surface area contributed by atoms with E-state index in [1.165, 1.54) is 148 Å². The summed E-state index contributed by atoms with van der Waals surface area (Å²) in [6.07, 6.45) is 44.2. The summed E-state index contributed by atoms with van der Waals surface area (Å²) in [6.45, 7) is 82.4. The summed E-state index contributed by atoms with van der Waals surface area (Å²) in [5.41, 5.74) is 0. The predicted molar refractivity (Wildman–Crippen MR) is 601 cm³/mol. The number of aliphatic hydroxyl groups excluding tert-OH is 3. The van der Waals surface area contributed by atoms with Gasteiger partial charge in [0.15, 0.2) is 0 Å². The van der Waals surface area contributed by atoms with E-state index < -0.39 is 6.61 Å². The first-order valence-electron chi connectivity index (χ1n) is 58.7. The van der Waals surface area contributed by atoms with E-state index in [4.69, 9.17) is 81.6 Å². The second kappa shape index (κ2) is 101. The summed E-state index contributed by atoms with van der Waals surface area (Å²) in [5.74, 6) is 6.55. The quantitative estimate of drug-likeness (QED) is 0.0353. The zero-order valence-electron chi connectivity index (χ0n) is 101. The normalized spacial score (nSPS) is 17.0. The van der Waals surface area contributed by atoms with Crippen molar-refractivity contribution in [2.75, 3.05) is 184 Å². The number of hydrogen-bond donors (Lipinski definition) is 5. The molecule has 0 aromatic rings. The van der Waals surface area contributed by atoms with Crippen molar-refractivity contribution in [2.24, 2.45) is 53.3 Å². The number of amides is 6. The van der Waals surface area contributed by atoms with Gasteiger partial charge < -0.3 is 112 Å². The van der Waals surface area contributed by atoms with Gasteiger partial charge in [-0.25, -0.2) is 0 Å². The van der Waals surface area contributed by atoms with Gasteiger partial charge in [-0.2, -0.15) is 0 Å². The Morgan fingerprint density at radius 2 is 0.524 bits per heavy atom. The molecule has 0 aromatic heterocycles. The number of rotatable bonds is 50. The molecule has 5 heterocycles. The van der Waals surface area contributed by atoms with E-state index in [0.29, 0.717) is 105 Å². The summed E-state index contributed by atoms with van der Waals surface area (Å²) >= 11 is 0. The monoisotopic (exact) mass is 2110 g/mol. The van der Waals surface area contributed by atoms with Crippen LogP contribution in [0, 0.1) is 53.3 Å². The van der Waals surface area contributed by atoms with E-state index >= 15 is 0 Å². The van der Waals surface area contributed by atoms with Crippen molar-refractivity contribution < 1.29 is 110 Å². The highest BCUT2D eigenvalue weighted by Gasteiger charge is 2.32. The van der Waals surface area contributed by atoms with E-state index in [1.54, 1.807) is 23.6 Å². The molecule has 147 heavy (non-hydrogen) atoms. The first kappa shape index (κ1) is 149. The number of ether oxygens (including phenoxy) is 14. The van der Waals surface area contributed by atoms with E-state index in [2.05, 4.69) is 135 Å². The maximum atomic E-state index is 11.2. The van der Waals surface area contributed by atoms with Gasteiger partial charge in [-0.15, -0.1) is 0 Å². The molecule has 0 unspecified atom stereocenters. The van der Waals surface area contributed by atoms with Crippen molar-refractivity contribution in [2.45, 2.75) is 493 Å². The molecule has 0 atom stereocenters. The molecule has 29 heteroatoms. The first-order valence-corrected chi connectivity index (χ1v) is 58.7. The van der Waals surface area contributed by atoms with Crippen molar-refractivity contribution in [3.8, 4) is 0 Å². The zero-order chi connectivity index (χ0) is 112. The summed E-state index contributed by atoms with van der Waals surface area (Å²) < 4.78 is 75.8. The summed E-state index contributed by atoms with van der Waals surface area (Å²) in [4.78, 5) is 72.1. The number of nitrogens with zero attached hydrogens (tertiary/aromatic N) is 4. The highest BCUT2D eigenvalue weighted by Crippen LogP contribution is 2.30. The molecule has 5 saturated heterocycles. The van der Waals surface area contributed by atoms with Gasteiger partial charge in [0.2, 0.25) is 35.4 Å². The van der Waals surface area contributed by atoms with Crippen LogP contribution in [0.2, 0.25) is 0 Å². The molecule has 9 rings (SSSR count). The SMILES string of the molecule is CC(=O)N1CC(COC(C)C)C1.CC(=O)N1CCC(CCOC(C)C)CC1.CC(=O)NCCCOC(C)C.CC(C)OCC1CCC1.CC(C)OCC1CCCC1.CC(C)OCC1CCCCC1.CC(C)OCC1CCOCC1.CC(C)OCC1CN(C(=O)CO)C1.CC(C)OCCC1CCCCC1.CC(C)OCCC1CCN(C(=O)CO)CC1.CC(C)OCCCNC(=O)CO.CCCCOC(C)C.CCCOC(C)C. The van der Waals surface area contributed by atoms with Crippen LogP contribution in [0.4, 0.5) is 0 Å². The van der Waals surface area contributed by atoms with E-state index in [0.717, 1.165) is 232 Å². The Hall–Kier alpha value is -3.86. The number of likely N-dealkylation sites (tertiary alicyclic amines) is 4. The van der Waals surface area contributed by atoms with E-state index in [1.807, 2.05) is 79.0 Å². The highest BCUT2D eigenvalue weighted by atomic mass is 16.5. The van der Waals surface area contributed by atoms with Gasteiger partial charge in [0.25, 0.3) is 0 Å². The number of unbranched alkanes of at least 4 members (excludes halogenated alkanes) is 1. The average molecular weight is 2110 g/mol. The summed E-state index contributed by atoms with van der Waals surface area (Å²) in [6, 6.07) is 0. The maximum absolute atomic E-state index is 11.2. The van der Waals surface area contributed by atoms with Crippen LogP contribution in [0.3, 0.4) is 0 Å². The molecule has 5 aliphatic heterocycles. The Kier molecular flexibility index (Phi) is 103. The number of piperidine rings is 2. The lowest BCUT2D eigenvalue weighted by molar-refractivity contribution is -0.142. The molecule has 0 spiro atoms. The fourth-order valence-electron chi connectivity index (χ4n) is 16.1. The first-order chi connectivity index (χ1) is 69.7. The van der Waals surface area contributed by atoms with Gasteiger partial charge in [0.1, 0.15) is 19.8 Å². The van der Waals surface area contributed by atoms with Crippen molar-refractivity contribution >= 4 is 35.4 Å². The molecule has 4 saturated carbocycles. The van der Waals surface area contributed by atoms with E-state index in [9.17, 15) is 28.8 Å². The third kappa shape index (κ3) is 104. The van der Waals surface area contributed by atoms with Crippen LogP contribution in [0.1, 0.15) is 414 Å². The molecule has 6 amide bonds. The van der Waals surface area contributed by atoms with Crippen LogP contribution in [0.25, 0.3) is 0 Å². The number of aliphatic hydroxyl groups is 3. The lowest BCUT2D eigenvalue weighted by atomic mass is 9.86.